The second-order valence-electron chi connectivity index (χ2n) is 6.47. The number of carbonyl (C=O) groups is 1. The molecule has 1 saturated heterocycles. The maximum absolute atomic E-state index is 13.6. The molecule has 140 valence electrons. The molecule has 1 aliphatic heterocycles. The molecule has 0 aliphatic carbocycles. The fraction of sp³-hybridized carbons (Fsp3) is 0.389. The van der Waals surface area contributed by atoms with E-state index in [1.165, 1.54) is 23.1 Å². The van der Waals surface area contributed by atoms with E-state index in [4.69, 9.17) is 0 Å². The Kier molecular flexibility index (Phi) is 4.66. The lowest BCUT2D eigenvalue weighted by atomic mass is 10.2. The maximum atomic E-state index is 13.6. The molecule has 4 rings (SSSR count). The van der Waals surface area contributed by atoms with E-state index in [9.17, 15) is 9.18 Å². The number of rotatable bonds is 4. The Bertz CT molecular complexity index is 965. The second-order valence-corrected chi connectivity index (χ2v) is 6.47. The number of hydrogen-bond acceptors (Lipinski definition) is 6. The van der Waals surface area contributed by atoms with Crippen molar-refractivity contribution in [2.24, 2.45) is 0 Å². The number of anilines is 1. The average Bonchev–Trinajstić information content (AvgIpc) is 3.12. The lowest BCUT2D eigenvalue weighted by Gasteiger charge is -2.35. The van der Waals surface area contributed by atoms with Crippen LogP contribution in [0.1, 0.15) is 19.8 Å². The average molecular weight is 369 g/mol. The first-order valence-electron chi connectivity index (χ1n) is 9.02. The van der Waals surface area contributed by atoms with Crippen LogP contribution in [0.2, 0.25) is 0 Å². The van der Waals surface area contributed by atoms with E-state index in [1.807, 2.05) is 11.8 Å². The summed E-state index contributed by atoms with van der Waals surface area (Å²) in [4.78, 5) is 24.7. The van der Waals surface area contributed by atoms with E-state index in [2.05, 4.69) is 25.2 Å². The summed E-state index contributed by atoms with van der Waals surface area (Å²) in [6, 6.07) is 6.13. The number of hydrogen-bond donors (Lipinski definition) is 0. The van der Waals surface area contributed by atoms with Crippen LogP contribution < -0.4 is 4.90 Å². The molecule has 0 atom stereocenters. The Morgan fingerprint density at radius 2 is 2.00 bits per heavy atom. The molecule has 0 saturated carbocycles. The fourth-order valence-electron chi connectivity index (χ4n) is 3.29. The van der Waals surface area contributed by atoms with Gasteiger partial charge in [-0.15, -0.1) is 5.10 Å². The highest BCUT2D eigenvalue weighted by atomic mass is 19.1. The first-order chi connectivity index (χ1) is 13.2. The van der Waals surface area contributed by atoms with Gasteiger partial charge in [-0.05, 0) is 24.6 Å². The highest BCUT2D eigenvalue weighted by Crippen LogP contribution is 2.23. The summed E-state index contributed by atoms with van der Waals surface area (Å²) in [5.74, 6) is 0.533. The van der Waals surface area contributed by atoms with Crippen LogP contribution >= 0.6 is 0 Å². The molecule has 8 nitrogen and oxygen atoms in total. The zero-order chi connectivity index (χ0) is 18.8. The van der Waals surface area contributed by atoms with Crippen LogP contribution in [0.3, 0.4) is 0 Å². The zero-order valence-electron chi connectivity index (χ0n) is 15.0. The van der Waals surface area contributed by atoms with Crippen molar-refractivity contribution in [2.45, 2.75) is 19.8 Å². The minimum absolute atomic E-state index is 0.196. The van der Waals surface area contributed by atoms with Gasteiger partial charge in [-0.25, -0.2) is 14.4 Å². The number of halogens is 1. The van der Waals surface area contributed by atoms with Gasteiger partial charge in [0.2, 0.25) is 5.91 Å². The summed E-state index contributed by atoms with van der Waals surface area (Å²) in [6.45, 7) is 4.67. The molecule has 0 radical (unpaired) electrons. The van der Waals surface area contributed by atoms with E-state index in [0.717, 1.165) is 6.42 Å². The monoisotopic (exact) mass is 369 g/mol. The van der Waals surface area contributed by atoms with Gasteiger partial charge in [0.15, 0.2) is 17.0 Å². The van der Waals surface area contributed by atoms with Crippen LogP contribution in [0.5, 0.6) is 0 Å². The first kappa shape index (κ1) is 17.3. The van der Waals surface area contributed by atoms with Gasteiger partial charge >= 0.3 is 0 Å². The lowest BCUT2D eigenvalue weighted by molar-refractivity contribution is -0.131. The van der Waals surface area contributed by atoms with E-state index in [-0.39, 0.29) is 11.7 Å². The molecule has 1 aromatic carbocycles. The summed E-state index contributed by atoms with van der Waals surface area (Å²) >= 11 is 0. The lowest BCUT2D eigenvalue weighted by Crippen LogP contribution is -2.49. The van der Waals surface area contributed by atoms with Gasteiger partial charge in [-0.1, -0.05) is 18.2 Å². The van der Waals surface area contributed by atoms with E-state index < -0.39 is 0 Å². The highest BCUT2D eigenvalue weighted by molar-refractivity contribution is 5.84. The van der Waals surface area contributed by atoms with Crippen molar-refractivity contribution in [1.82, 2.24) is 29.9 Å². The quantitative estimate of drug-likeness (QED) is 0.698. The van der Waals surface area contributed by atoms with Crippen LogP contribution in [-0.2, 0) is 4.79 Å². The number of benzene rings is 1. The molecule has 1 aliphatic rings. The third-order valence-corrected chi connectivity index (χ3v) is 4.67. The Labute approximate surface area is 155 Å². The van der Waals surface area contributed by atoms with Gasteiger partial charge in [0.25, 0.3) is 0 Å². The topological polar surface area (TPSA) is 80.0 Å². The molecule has 0 spiro atoms. The van der Waals surface area contributed by atoms with Crippen LogP contribution in [0.15, 0.2) is 30.6 Å². The molecule has 3 heterocycles. The summed E-state index contributed by atoms with van der Waals surface area (Å²) in [7, 11) is 0. The number of aromatic nitrogens is 5. The normalized spacial score (nSPS) is 14.7. The van der Waals surface area contributed by atoms with Crippen molar-refractivity contribution in [3.05, 3.63) is 36.4 Å². The van der Waals surface area contributed by atoms with Crippen molar-refractivity contribution < 1.29 is 9.18 Å². The summed E-state index contributed by atoms with van der Waals surface area (Å²) in [5.41, 5.74) is 1.64. The largest absolute Gasteiger partial charge is 0.351 e. The van der Waals surface area contributed by atoms with E-state index in [1.54, 1.807) is 12.1 Å². The van der Waals surface area contributed by atoms with Gasteiger partial charge < -0.3 is 9.80 Å². The SMILES string of the molecule is CCCC(=O)N1CCN(c2ncnc3c2nnn3-c2cccc(F)c2)CC1. The number of fused-ring (bicyclic) bond motifs is 1. The van der Waals surface area contributed by atoms with Gasteiger partial charge in [0.1, 0.15) is 12.1 Å². The Morgan fingerprint density at radius 1 is 1.19 bits per heavy atom. The van der Waals surface area contributed by atoms with Crippen LogP contribution in [-0.4, -0.2) is 61.9 Å². The molecule has 0 N–H and O–H groups in total. The molecular formula is C18H20FN7O. The molecule has 9 heteroatoms. The van der Waals surface area contributed by atoms with Crippen LogP contribution in [0.4, 0.5) is 10.2 Å². The smallest absolute Gasteiger partial charge is 0.222 e. The second kappa shape index (κ2) is 7.26. The molecular weight excluding hydrogens is 349 g/mol. The highest BCUT2D eigenvalue weighted by Gasteiger charge is 2.24. The molecule has 1 amide bonds. The van der Waals surface area contributed by atoms with Crippen LogP contribution in [0, 0.1) is 5.82 Å². The van der Waals surface area contributed by atoms with Crippen LogP contribution in [0.25, 0.3) is 16.9 Å². The van der Waals surface area contributed by atoms with E-state index in [0.29, 0.717) is 55.3 Å². The first-order valence-corrected chi connectivity index (χ1v) is 9.02. The molecule has 3 aromatic rings. The third-order valence-electron chi connectivity index (χ3n) is 4.67. The van der Waals surface area contributed by atoms with Gasteiger partial charge in [-0.3, -0.25) is 4.79 Å². The molecule has 2 aromatic heterocycles. The van der Waals surface area contributed by atoms with Crippen molar-refractivity contribution in [2.75, 3.05) is 31.1 Å². The maximum Gasteiger partial charge on any atom is 0.222 e. The van der Waals surface area contributed by atoms with Crippen molar-refractivity contribution in [3.8, 4) is 5.69 Å². The standard InChI is InChI=1S/C18H20FN7O/c1-2-4-15(27)24-7-9-25(10-8-24)17-16-18(21-12-20-17)26(23-22-16)14-6-3-5-13(19)11-14/h3,5-6,11-12H,2,4,7-10H2,1H3. The minimum atomic E-state index is -0.349. The number of nitrogens with zero attached hydrogens (tertiary/aromatic N) is 7. The Balaban J connectivity index is 1.60. The molecule has 0 bridgehead atoms. The van der Waals surface area contributed by atoms with Gasteiger partial charge in [0.05, 0.1) is 5.69 Å². The number of amides is 1. The molecule has 1 fully saturated rings. The zero-order valence-corrected chi connectivity index (χ0v) is 15.0. The molecule has 27 heavy (non-hydrogen) atoms. The van der Waals surface area contributed by atoms with Gasteiger partial charge in [0, 0.05) is 32.6 Å². The predicted octanol–water partition coefficient (Wildman–Crippen LogP) is 1.80. The summed E-state index contributed by atoms with van der Waals surface area (Å²) in [6.07, 6.45) is 2.90. The van der Waals surface area contributed by atoms with Gasteiger partial charge in [-0.2, -0.15) is 4.68 Å². The van der Waals surface area contributed by atoms with Crippen molar-refractivity contribution >= 4 is 22.9 Å². The third kappa shape index (κ3) is 3.32. The number of carbonyl (C=O) groups excluding carboxylic acids is 1. The Morgan fingerprint density at radius 3 is 2.74 bits per heavy atom. The van der Waals surface area contributed by atoms with Crippen molar-refractivity contribution in [1.29, 1.82) is 0 Å². The Hall–Kier alpha value is -3.10. The number of piperazine rings is 1. The summed E-state index contributed by atoms with van der Waals surface area (Å²) in [5, 5.41) is 8.36. The fourth-order valence-corrected chi connectivity index (χ4v) is 3.29. The predicted molar refractivity (Wildman–Crippen MR) is 98.1 cm³/mol. The molecule has 0 unspecified atom stereocenters. The summed E-state index contributed by atoms with van der Waals surface area (Å²) < 4.78 is 15.1. The van der Waals surface area contributed by atoms with E-state index >= 15 is 0 Å². The van der Waals surface area contributed by atoms with Crippen molar-refractivity contribution in [3.63, 3.8) is 0 Å². The minimum Gasteiger partial charge on any atom is -0.351 e.